The Balaban J connectivity index is 2.32. The average molecular weight is 620 g/mol. The second-order valence-corrected chi connectivity index (χ2v) is 13.3. The van der Waals surface area contributed by atoms with Crippen LogP contribution in [0, 0.1) is 0 Å². The highest BCUT2D eigenvalue weighted by Crippen LogP contribution is 2.66. The number of phosphoric ester groups is 1. The monoisotopic (exact) mass is 620 g/mol. The van der Waals surface area contributed by atoms with Gasteiger partial charge < -0.3 is 34.5 Å². The molecule has 2 unspecified atom stereocenters. The molecular formula is C19H31N2O15P3. The number of nitrogens with zero attached hydrogens (tertiary/aromatic N) is 1. The van der Waals surface area contributed by atoms with Crippen LogP contribution < -0.4 is 11.2 Å². The fourth-order valence-electron chi connectivity index (χ4n) is 3.67. The molecule has 6 atom stereocenters. The van der Waals surface area contributed by atoms with E-state index in [0.717, 1.165) is 28.0 Å². The van der Waals surface area contributed by atoms with Gasteiger partial charge in [0.05, 0.1) is 6.61 Å². The second kappa shape index (κ2) is 13.0. The van der Waals surface area contributed by atoms with Crippen LogP contribution in [0.4, 0.5) is 0 Å². The summed E-state index contributed by atoms with van der Waals surface area (Å²) in [4.78, 5) is 62.4. The quantitative estimate of drug-likeness (QED) is 0.118. The first kappa shape index (κ1) is 33.7. The van der Waals surface area contributed by atoms with Crippen LogP contribution in [-0.4, -0.2) is 64.3 Å². The highest BCUT2D eigenvalue weighted by Gasteiger charge is 2.56. The summed E-state index contributed by atoms with van der Waals surface area (Å²) < 4.78 is 52.7. The van der Waals surface area contributed by atoms with Crippen molar-refractivity contribution in [2.75, 3.05) is 6.61 Å². The molecule has 1 fully saturated rings. The first-order chi connectivity index (χ1) is 17.8. The molecule has 2 rings (SSSR count). The van der Waals surface area contributed by atoms with Crippen molar-refractivity contribution in [1.29, 1.82) is 0 Å². The minimum atomic E-state index is -5.79. The molecule has 0 amide bonds. The summed E-state index contributed by atoms with van der Waals surface area (Å²) in [6, 6.07) is 0.969. The van der Waals surface area contributed by atoms with Crippen molar-refractivity contribution in [1.82, 2.24) is 9.55 Å². The molecule has 1 aromatic rings. The molecule has 0 aliphatic carbocycles. The van der Waals surface area contributed by atoms with Gasteiger partial charge >= 0.3 is 29.2 Å². The summed E-state index contributed by atoms with van der Waals surface area (Å²) >= 11 is 0. The van der Waals surface area contributed by atoms with Gasteiger partial charge in [-0.1, -0.05) is 23.3 Å². The molecule has 20 heteroatoms. The van der Waals surface area contributed by atoms with E-state index in [4.69, 9.17) is 14.5 Å². The van der Waals surface area contributed by atoms with Gasteiger partial charge in [0.15, 0.2) is 5.72 Å². The van der Waals surface area contributed by atoms with E-state index in [9.17, 15) is 43.3 Å². The standard InChI is InChI=1S/C19H31N2O15P3/c1-12(2)5-4-6-13(3)7-9-19(21-10-8-15(22)20-18(21)25)17(24)16(23)14(34-19)11-33-38(29,30)36-39(31,32)35-37(26,27)28/h5,7-8,10,14,16-17,23-24H,4,6,9,11H2,1-3H3,(H,29,30)(H,31,32)(H,20,22,25)(H2,26,27,28)/b13-7+/t14-,16-,17-,19-/m1/s1. The van der Waals surface area contributed by atoms with E-state index < -0.39 is 65.4 Å². The maximum atomic E-state index is 12.6. The predicted octanol–water partition coefficient (Wildman–Crippen LogP) is 0.736. The maximum absolute atomic E-state index is 12.6. The zero-order valence-corrected chi connectivity index (χ0v) is 23.7. The Labute approximate surface area is 221 Å². The fourth-order valence-corrected chi connectivity index (χ4v) is 6.70. The van der Waals surface area contributed by atoms with Gasteiger partial charge in [-0.3, -0.25) is 18.9 Å². The molecule has 222 valence electrons. The number of allylic oxidation sites excluding steroid dienone is 3. The fraction of sp³-hybridized carbons (Fsp3) is 0.579. The lowest BCUT2D eigenvalue weighted by molar-refractivity contribution is -0.147. The molecule has 7 N–H and O–H groups in total. The van der Waals surface area contributed by atoms with Gasteiger partial charge in [-0.05, 0) is 33.6 Å². The van der Waals surface area contributed by atoms with Crippen LogP contribution >= 0.6 is 23.5 Å². The van der Waals surface area contributed by atoms with Gasteiger partial charge in [-0.25, -0.2) is 18.5 Å². The number of ether oxygens (including phenoxy) is 1. The number of hydrogen-bond donors (Lipinski definition) is 7. The van der Waals surface area contributed by atoms with Crippen LogP contribution in [0.25, 0.3) is 0 Å². The zero-order valence-electron chi connectivity index (χ0n) is 21.0. The highest BCUT2D eigenvalue weighted by atomic mass is 31.3. The molecule has 1 aromatic heterocycles. The number of H-pyrrole nitrogens is 1. The summed E-state index contributed by atoms with van der Waals surface area (Å²) in [5, 5.41) is 21.6. The first-order valence-corrected chi connectivity index (χ1v) is 15.7. The average Bonchev–Trinajstić information content (AvgIpc) is 2.99. The van der Waals surface area contributed by atoms with Gasteiger partial charge in [0, 0.05) is 18.7 Å². The van der Waals surface area contributed by atoms with Crippen LogP contribution in [0.2, 0.25) is 0 Å². The Morgan fingerprint density at radius 1 is 1.08 bits per heavy atom. The molecule has 1 aliphatic heterocycles. The number of aromatic nitrogens is 2. The molecule has 0 saturated carbocycles. The molecule has 1 saturated heterocycles. The van der Waals surface area contributed by atoms with Gasteiger partial charge in [0.2, 0.25) is 0 Å². The zero-order chi connectivity index (χ0) is 29.8. The number of aromatic amines is 1. The summed E-state index contributed by atoms with van der Waals surface area (Å²) in [7, 11) is -17.0. The van der Waals surface area contributed by atoms with E-state index in [1.54, 1.807) is 13.0 Å². The van der Waals surface area contributed by atoms with Crippen LogP contribution in [0.1, 0.15) is 40.0 Å². The molecule has 0 spiro atoms. The number of nitrogens with one attached hydrogen (secondary N) is 1. The van der Waals surface area contributed by atoms with Gasteiger partial charge in [0.25, 0.3) is 5.56 Å². The number of hydrogen-bond acceptors (Lipinski definition) is 11. The van der Waals surface area contributed by atoms with Crippen molar-refractivity contribution in [3.63, 3.8) is 0 Å². The lowest BCUT2D eigenvalue weighted by Gasteiger charge is -2.33. The summed E-state index contributed by atoms with van der Waals surface area (Å²) in [6.07, 6.45) is 0.370. The van der Waals surface area contributed by atoms with Crippen molar-refractivity contribution in [2.45, 2.75) is 64.1 Å². The number of phosphoric acid groups is 3. The third kappa shape index (κ3) is 9.80. The van der Waals surface area contributed by atoms with E-state index in [-0.39, 0.29) is 6.42 Å². The smallest absolute Gasteiger partial charge is 0.387 e. The van der Waals surface area contributed by atoms with Gasteiger partial charge in [0.1, 0.15) is 18.3 Å². The Bertz CT molecular complexity index is 1340. The number of aliphatic hydroxyl groups is 2. The first-order valence-electron chi connectivity index (χ1n) is 11.2. The maximum Gasteiger partial charge on any atom is 0.490 e. The summed E-state index contributed by atoms with van der Waals surface area (Å²) in [5.74, 6) is 0. The normalized spacial score (nSPS) is 27.1. The Hall–Kier alpha value is -1.55. The van der Waals surface area contributed by atoms with Crippen molar-refractivity contribution >= 4 is 23.5 Å². The summed E-state index contributed by atoms with van der Waals surface area (Å²) in [5.41, 5.74) is -1.86. The molecule has 39 heavy (non-hydrogen) atoms. The van der Waals surface area contributed by atoms with Crippen LogP contribution in [0.3, 0.4) is 0 Å². The highest BCUT2D eigenvalue weighted by molar-refractivity contribution is 7.66. The molecular weight excluding hydrogens is 589 g/mol. The van der Waals surface area contributed by atoms with Gasteiger partial charge in [-0.15, -0.1) is 0 Å². The van der Waals surface area contributed by atoms with Crippen LogP contribution in [0.15, 0.2) is 45.2 Å². The van der Waals surface area contributed by atoms with Gasteiger partial charge in [-0.2, -0.15) is 8.62 Å². The molecule has 0 radical (unpaired) electrons. The van der Waals surface area contributed by atoms with Crippen LogP contribution in [0.5, 0.6) is 0 Å². The number of aliphatic hydroxyl groups excluding tert-OH is 2. The SMILES string of the molecule is CC(C)=CCC/C(C)=C/C[C@@]1(n2ccc(=O)[nH]c2=O)O[C@H](COP(=O)(O)OP(=O)(O)OP(=O)(O)O)[C@@H](O)[C@H]1O. The van der Waals surface area contributed by atoms with E-state index in [0.29, 0.717) is 12.8 Å². The Morgan fingerprint density at radius 3 is 2.28 bits per heavy atom. The van der Waals surface area contributed by atoms with E-state index in [1.807, 2.05) is 24.9 Å². The third-order valence-corrected chi connectivity index (χ3v) is 9.21. The molecule has 0 bridgehead atoms. The minimum Gasteiger partial charge on any atom is -0.387 e. The van der Waals surface area contributed by atoms with Crippen molar-refractivity contribution in [3.8, 4) is 0 Å². The van der Waals surface area contributed by atoms with E-state index in [1.165, 1.54) is 0 Å². The molecule has 1 aliphatic rings. The predicted molar refractivity (Wildman–Crippen MR) is 133 cm³/mol. The van der Waals surface area contributed by atoms with Crippen molar-refractivity contribution in [3.05, 3.63) is 56.4 Å². The largest absolute Gasteiger partial charge is 0.490 e. The van der Waals surface area contributed by atoms with E-state index in [2.05, 4.69) is 13.1 Å². The minimum absolute atomic E-state index is 0.219. The lowest BCUT2D eigenvalue weighted by atomic mass is 9.97. The lowest BCUT2D eigenvalue weighted by Crippen LogP contribution is -2.51. The Kier molecular flexibility index (Phi) is 11.2. The molecule has 17 nitrogen and oxygen atoms in total. The Morgan fingerprint density at radius 2 is 1.72 bits per heavy atom. The molecule has 2 heterocycles. The second-order valence-electron chi connectivity index (χ2n) is 8.88. The number of rotatable bonds is 13. The van der Waals surface area contributed by atoms with Crippen molar-refractivity contribution < 1.29 is 61.4 Å². The topological polar surface area (TPSA) is 264 Å². The summed E-state index contributed by atoms with van der Waals surface area (Å²) in [6.45, 7) is 4.57. The van der Waals surface area contributed by atoms with E-state index >= 15 is 0 Å². The molecule has 0 aromatic carbocycles. The third-order valence-electron chi connectivity index (χ3n) is 5.41. The van der Waals surface area contributed by atoms with Crippen LogP contribution in [-0.2, 0) is 37.3 Å². The van der Waals surface area contributed by atoms with Crippen molar-refractivity contribution in [2.24, 2.45) is 0 Å².